The zero-order valence-electron chi connectivity index (χ0n) is 18.6. The summed E-state index contributed by atoms with van der Waals surface area (Å²) in [5.41, 5.74) is 3.25. The average Bonchev–Trinajstić information content (AvgIpc) is 3.43. The van der Waals surface area contributed by atoms with Crippen LogP contribution in [-0.4, -0.2) is 21.9 Å². The summed E-state index contributed by atoms with van der Waals surface area (Å²) in [6.07, 6.45) is 3.86. The second-order valence-electron chi connectivity index (χ2n) is 8.57. The van der Waals surface area contributed by atoms with Crippen molar-refractivity contribution in [3.05, 3.63) is 113 Å². The van der Waals surface area contributed by atoms with Crippen LogP contribution in [0.25, 0.3) is 0 Å². The third-order valence-corrected chi connectivity index (χ3v) is 7.02. The molecule has 0 saturated carbocycles. The number of anilines is 1. The third-order valence-electron chi connectivity index (χ3n) is 6.77. The van der Waals surface area contributed by atoms with Crippen LogP contribution in [0.5, 0.6) is 0 Å². The summed E-state index contributed by atoms with van der Waals surface area (Å²) >= 11 is 6.16. The lowest BCUT2D eigenvalue weighted by atomic mass is 9.57. The molecule has 2 aliphatic rings. The molecule has 1 aliphatic carbocycles. The highest BCUT2D eigenvalue weighted by molar-refractivity contribution is 6.30. The lowest BCUT2D eigenvalue weighted by molar-refractivity contribution is -0.138. The summed E-state index contributed by atoms with van der Waals surface area (Å²) in [5, 5.41) is 11.1. The van der Waals surface area contributed by atoms with E-state index < -0.39 is 34.9 Å². The molecule has 0 bridgehead atoms. The monoisotopic (exact) mass is 492 g/mol. The van der Waals surface area contributed by atoms with Crippen LogP contribution in [0.4, 0.5) is 10.1 Å². The van der Waals surface area contributed by atoms with E-state index in [4.69, 9.17) is 16.0 Å². The molecule has 1 fully saturated rings. The third kappa shape index (κ3) is 3.59. The number of furan rings is 1. The molecule has 2 aromatic carbocycles. The molecule has 3 aromatic rings. The minimum Gasteiger partial charge on any atom is -0.463 e. The Morgan fingerprint density at radius 2 is 1.86 bits per heavy atom. The minimum atomic E-state index is -1.36. The first kappa shape index (κ1) is 23.1. The van der Waals surface area contributed by atoms with Crippen molar-refractivity contribution < 1.29 is 23.5 Å². The number of nitrogens with zero attached hydrogens (tertiary/aromatic N) is 1. The second-order valence-corrected chi connectivity index (χ2v) is 9.00. The van der Waals surface area contributed by atoms with Gasteiger partial charge in [0.25, 0.3) is 11.8 Å². The van der Waals surface area contributed by atoms with Gasteiger partial charge in [-0.2, -0.15) is 5.01 Å². The summed E-state index contributed by atoms with van der Waals surface area (Å²) in [4.78, 5) is 28.1. The van der Waals surface area contributed by atoms with Crippen LogP contribution in [0.15, 0.2) is 89.4 Å². The molecule has 3 atom stereocenters. The Kier molecular flexibility index (Phi) is 5.83. The van der Waals surface area contributed by atoms with Gasteiger partial charge in [0.1, 0.15) is 29.4 Å². The number of aliphatic hydroxyl groups is 1. The summed E-state index contributed by atoms with van der Waals surface area (Å²) < 4.78 is 19.4. The van der Waals surface area contributed by atoms with Gasteiger partial charge in [-0.05, 0) is 66.1 Å². The van der Waals surface area contributed by atoms with E-state index in [1.54, 1.807) is 42.5 Å². The number of fused-ring (bicyclic) bond motifs is 1. The fourth-order valence-corrected chi connectivity index (χ4v) is 5.36. The van der Waals surface area contributed by atoms with Gasteiger partial charge in [-0.3, -0.25) is 15.0 Å². The number of hydrazine groups is 1. The summed E-state index contributed by atoms with van der Waals surface area (Å²) in [6, 6.07) is 15.6. The normalized spacial score (nSPS) is 23.7. The largest absolute Gasteiger partial charge is 0.463 e. The van der Waals surface area contributed by atoms with E-state index >= 15 is 0 Å². The summed E-state index contributed by atoms with van der Waals surface area (Å²) in [7, 11) is 0. The highest BCUT2D eigenvalue weighted by Crippen LogP contribution is 2.57. The molecule has 8 heteroatoms. The SMILES string of the molecule is C=CC1=CCC2C(=O)N(Nc3ccc(F)cc3)C(=O)C2(c2ccc(Cl)cc2)C1c1ccc(CO)o1. The number of aliphatic hydroxyl groups excluding tert-OH is 1. The fraction of sp³-hybridized carbons (Fsp3) is 0.185. The molecule has 1 aromatic heterocycles. The molecule has 0 radical (unpaired) electrons. The smallest absolute Gasteiger partial charge is 0.260 e. The zero-order valence-corrected chi connectivity index (χ0v) is 19.3. The lowest BCUT2D eigenvalue weighted by Crippen LogP contribution is -2.48. The van der Waals surface area contributed by atoms with Crippen molar-refractivity contribution in [2.75, 3.05) is 5.43 Å². The van der Waals surface area contributed by atoms with Gasteiger partial charge in [0.15, 0.2) is 0 Å². The molecule has 178 valence electrons. The number of halogens is 2. The van der Waals surface area contributed by atoms with Gasteiger partial charge in [0, 0.05) is 5.02 Å². The Labute approximate surface area is 206 Å². The number of hydrogen-bond acceptors (Lipinski definition) is 5. The Morgan fingerprint density at radius 1 is 1.14 bits per heavy atom. The maximum Gasteiger partial charge on any atom is 0.260 e. The van der Waals surface area contributed by atoms with Gasteiger partial charge >= 0.3 is 0 Å². The Morgan fingerprint density at radius 3 is 2.49 bits per heavy atom. The van der Waals surface area contributed by atoms with E-state index in [1.807, 2.05) is 6.08 Å². The molecule has 3 unspecified atom stereocenters. The number of nitrogens with one attached hydrogen (secondary N) is 1. The van der Waals surface area contributed by atoms with E-state index in [-0.39, 0.29) is 6.61 Å². The van der Waals surface area contributed by atoms with Gasteiger partial charge in [-0.15, -0.1) is 0 Å². The van der Waals surface area contributed by atoms with Crippen LogP contribution in [0, 0.1) is 11.7 Å². The van der Waals surface area contributed by atoms with Crippen LogP contribution in [0.2, 0.25) is 5.02 Å². The molecule has 5 rings (SSSR count). The van der Waals surface area contributed by atoms with Crippen molar-refractivity contribution in [3.8, 4) is 0 Å². The molecule has 1 aliphatic heterocycles. The van der Waals surface area contributed by atoms with Crippen molar-refractivity contribution >= 4 is 29.1 Å². The molecular formula is C27H22ClFN2O4. The number of imide groups is 1. The van der Waals surface area contributed by atoms with Crippen molar-refractivity contribution in [1.82, 2.24) is 5.01 Å². The van der Waals surface area contributed by atoms with Gasteiger partial charge in [0.2, 0.25) is 0 Å². The fourth-order valence-electron chi connectivity index (χ4n) is 5.23. The number of hydrogen-bond donors (Lipinski definition) is 2. The van der Waals surface area contributed by atoms with Gasteiger partial charge in [-0.25, -0.2) is 4.39 Å². The Balaban J connectivity index is 1.71. The van der Waals surface area contributed by atoms with Gasteiger partial charge in [-0.1, -0.05) is 42.5 Å². The predicted molar refractivity (Wildman–Crippen MR) is 129 cm³/mol. The maximum atomic E-state index is 14.3. The molecule has 0 spiro atoms. The minimum absolute atomic E-state index is 0.303. The predicted octanol–water partition coefficient (Wildman–Crippen LogP) is 5.11. The van der Waals surface area contributed by atoms with E-state index in [0.717, 1.165) is 10.6 Å². The quantitative estimate of drug-likeness (QED) is 0.467. The highest BCUT2D eigenvalue weighted by Gasteiger charge is 2.66. The van der Waals surface area contributed by atoms with Crippen molar-refractivity contribution in [1.29, 1.82) is 0 Å². The van der Waals surface area contributed by atoms with Gasteiger partial charge in [0.05, 0.1) is 17.5 Å². The summed E-state index contributed by atoms with van der Waals surface area (Å²) in [6.45, 7) is 3.63. The van der Waals surface area contributed by atoms with Crippen molar-refractivity contribution in [2.45, 2.75) is 24.4 Å². The highest BCUT2D eigenvalue weighted by atomic mass is 35.5. The molecule has 2 heterocycles. The van der Waals surface area contributed by atoms with Crippen LogP contribution >= 0.6 is 11.6 Å². The van der Waals surface area contributed by atoms with E-state index in [2.05, 4.69) is 12.0 Å². The topological polar surface area (TPSA) is 82.8 Å². The number of amides is 2. The van der Waals surface area contributed by atoms with Crippen molar-refractivity contribution in [3.63, 3.8) is 0 Å². The number of benzene rings is 2. The number of allylic oxidation sites excluding steroid dienone is 3. The van der Waals surface area contributed by atoms with E-state index in [1.165, 1.54) is 24.3 Å². The molecule has 1 saturated heterocycles. The maximum absolute atomic E-state index is 14.3. The van der Waals surface area contributed by atoms with E-state index in [9.17, 15) is 19.1 Å². The number of carbonyl (C=O) groups excluding carboxylic acids is 2. The number of carbonyl (C=O) groups is 2. The van der Waals surface area contributed by atoms with Crippen LogP contribution in [0.3, 0.4) is 0 Å². The van der Waals surface area contributed by atoms with Crippen LogP contribution < -0.4 is 5.43 Å². The van der Waals surface area contributed by atoms with Crippen molar-refractivity contribution in [2.24, 2.45) is 5.92 Å². The Hall–Kier alpha value is -3.68. The van der Waals surface area contributed by atoms with Crippen LogP contribution in [-0.2, 0) is 21.6 Å². The second kappa shape index (κ2) is 8.83. The number of rotatable bonds is 6. The van der Waals surface area contributed by atoms with Gasteiger partial charge < -0.3 is 9.52 Å². The zero-order chi connectivity index (χ0) is 24.7. The molecule has 2 N–H and O–H groups in total. The summed E-state index contributed by atoms with van der Waals surface area (Å²) in [5.74, 6) is -1.97. The Bertz CT molecular complexity index is 1330. The first-order valence-corrected chi connectivity index (χ1v) is 11.5. The lowest BCUT2D eigenvalue weighted by Gasteiger charge is -2.41. The molecular weight excluding hydrogens is 471 g/mol. The molecule has 6 nitrogen and oxygen atoms in total. The first-order chi connectivity index (χ1) is 16.9. The first-order valence-electron chi connectivity index (χ1n) is 11.1. The van der Waals surface area contributed by atoms with E-state index in [0.29, 0.717) is 34.2 Å². The molecule has 35 heavy (non-hydrogen) atoms. The molecule has 2 amide bonds. The standard InChI is InChI=1S/C27H22ClFN2O4/c1-2-16-3-13-22-25(33)31(30-20-10-8-19(29)9-11-20)26(34)27(22,17-4-6-18(28)7-5-17)24(16)23-14-12-21(15-32)35-23/h2-12,14,22,24,30,32H,1,13,15H2. The average molecular weight is 493 g/mol. The van der Waals surface area contributed by atoms with Crippen LogP contribution in [0.1, 0.15) is 29.4 Å².